The van der Waals surface area contributed by atoms with Crippen molar-refractivity contribution in [1.82, 2.24) is 9.21 Å². The van der Waals surface area contributed by atoms with Crippen LogP contribution in [0.5, 0.6) is 11.5 Å². The number of nitrogens with zero attached hydrogens (tertiary/aromatic N) is 3. The van der Waals surface area contributed by atoms with Gasteiger partial charge in [-0.15, -0.1) is 0 Å². The van der Waals surface area contributed by atoms with Crippen molar-refractivity contribution >= 4 is 27.5 Å². The van der Waals surface area contributed by atoms with Gasteiger partial charge >= 0.3 is 0 Å². The third kappa shape index (κ3) is 4.72. The standard InChI is InChI=1S/C25H29N3O6S/c1-18-3-5-20(6-4-18)28-17-19(15-24(28)29)25(30)26-9-11-27(12-10-26)35(31,32)21-7-8-22-23(16-21)34-14-2-13-33-22/h3-8,16,19H,2,9-15,17H2,1H3/t19-/m1/s1. The monoisotopic (exact) mass is 499 g/mol. The minimum absolute atomic E-state index is 0.0668. The molecule has 2 amide bonds. The van der Waals surface area contributed by atoms with Crippen LogP contribution >= 0.6 is 0 Å². The van der Waals surface area contributed by atoms with Gasteiger partial charge in [0, 0.05) is 57.3 Å². The van der Waals surface area contributed by atoms with Crippen molar-refractivity contribution in [3.63, 3.8) is 0 Å². The van der Waals surface area contributed by atoms with Crippen molar-refractivity contribution in [3.8, 4) is 11.5 Å². The van der Waals surface area contributed by atoms with Crippen molar-refractivity contribution in [3.05, 3.63) is 48.0 Å². The molecule has 0 spiro atoms. The van der Waals surface area contributed by atoms with Crippen LogP contribution in [0, 0.1) is 12.8 Å². The first kappa shape index (κ1) is 23.6. The predicted octanol–water partition coefficient (Wildman–Crippen LogP) is 2.04. The molecule has 35 heavy (non-hydrogen) atoms. The van der Waals surface area contributed by atoms with Gasteiger partial charge in [-0.25, -0.2) is 8.42 Å². The first-order chi connectivity index (χ1) is 16.8. The number of hydrogen-bond donors (Lipinski definition) is 0. The molecule has 0 unspecified atom stereocenters. The maximum atomic E-state index is 13.2. The minimum Gasteiger partial charge on any atom is -0.490 e. The van der Waals surface area contributed by atoms with Crippen molar-refractivity contribution < 1.29 is 27.5 Å². The number of fused-ring (bicyclic) bond motifs is 1. The average molecular weight is 500 g/mol. The second-order valence-corrected chi connectivity index (χ2v) is 11.1. The van der Waals surface area contributed by atoms with Crippen LogP contribution in [-0.2, 0) is 19.6 Å². The molecule has 0 aromatic heterocycles. The molecule has 10 heteroatoms. The molecule has 9 nitrogen and oxygen atoms in total. The molecular formula is C25H29N3O6S. The zero-order chi connectivity index (χ0) is 24.6. The Labute approximate surface area is 205 Å². The highest BCUT2D eigenvalue weighted by molar-refractivity contribution is 7.89. The van der Waals surface area contributed by atoms with E-state index >= 15 is 0 Å². The van der Waals surface area contributed by atoms with E-state index in [0.29, 0.717) is 31.3 Å². The van der Waals surface area contributed by atoms with Gasteiger partial charge in [-0.2, -0.15) is 4.31 Å². The lowest BCUT2D eigenvalue weighted by molar-refractivity contribution is -0.136. The van der Waals surface area contributed by atoms with Gasteiger partial charge in [-0.3, -0.25) is 9.59 Å². The van der Waals surface area contributed by atoms with Crippen LogP contribution < -0.4 is 14.4 Å². The molecule has 3 aliphatic heterocycles. The summed E-state index contributed by atoms with van der Waals surface area (Å²) in [4.78, 5) is 29.2. The fourth-order valence-electron chi connectivity index (χ4n) is 4.71. The summed E-state index contributed by atoms with van der Waals surface area (Å²) in [5.41, 5.74) is 1.90. The topological polar surface area (TPSA) is 96.5 Å². The Kier molecular flexibility index (Phi) is 6.41. The zero-order valence-electron chi connectivity index (χ0n) is 19.7. The summed E-state index contributed by atoms with van der Waals surface area (Å²) in [5, 5.41) is 0. The van der Waals surface area contributed by atoms with Crippen LogP contribution in [0.1, 0.15) is 18.4 Å². The van der Waals surface area contributed by atoms with E-state index in [1.807, 2.05) is 31.2 Å². The van der Waals surface area contributed by atoms with E-state index in [4.69, 9.17) is 9.47 Å². The molecular weight excluding hydrogens is 470 g/mol. The summed E-state index contributed by atoms with van der Waals surface area (Å²) in [6.45, 7) is 4.31. The first-order valence-electron chi connectivity index (χ1n) is 11.9. The van der Waals surface area contributed by atoms with Gasteiger partial charge < -0.3 is 19.3 Å². The van der Waals surface area contributed by atoms with Crippen LogP contribution in [-0.4, -0.2) is 75.4 Å². The quantitative estimate of drug-likeness (QED) is 0.639. The second-order valence-electron chi connectivity index (χ2n) is 9.13. The number of benzene rings is 2. The fraction of sp³-hybridized carbons (Fsp3) is 0.440. The smallest absolute Gasteiger partial charge is 0.243 e. The Morgan fingerprint density at radius 1 is 0.943 bits per heavy atom. The molecule has 3 aliphatic rings. The van der Waals surface area contributed by atoms with Gasteiger partial charge in [0.2, 0.25) is 21.8 Å². The molecule has 0 aliphatic carbocycles. The number of carbonyl (C=O) groups is 2. The van der Waals surface area contributed by atoms with Gasteiger partial charge in [0.05, 0.1) is 24.0 Å². The van der Waals surface area contributed by atoms with E-state index in [-0.39, 0.29) is 49.3 Å². The van der Waals surface area contributed by atoms with Gasteiger partial charge in [-0.1, -0.05) is 17.7 Å². The van der Waals surface area contributed by atoms with Crippen LogP contribution in [0.25, 0.3) is 0 Å². The van der Waals surface area contributed by atoms with Gasteiger partial charge in [0.1, 0.15) is 0 Å². The molecule has 3 heterocycles. The molecule has 0 N–H and O–H groups in total. The highest BCUT2D eigenvalue weighted by Crippen LogP contribution is 2.33. The van der Waals surface area contributed by atoms with Crippen molar-refractivity contribution in [2.45, 2.75) is 24.7 Å². The summed E-state index contributed by atoms with van der Waals surface area (Å²) >= 11 is 0. The molecule has 0 saturated carbocycles. The summed E-state index contributed by atoms with van der Waals surface area (Å²) in [6.07, 6.45) is 0.907. The highest BCUT2D eigenvalue weighted by atomic mass is 32.2. The van der Waals surface area contributed by atoms with Gasteiger partial charge in [0.15, 0.2) is 11.5 Å². The normalized spacial score (nSPS) is 21.2. The molecule has 2 saturated heterocycles. The molecule has 0 bridgehead atoms. The Morgan fingerprint density at radius 2 is 1.63 bits per heavy atom. The number of rotatable bonds is 4. The van der Waals surface area contributed by atoms with Crippen LogP contribution in [0.4, 0.5) is 5.69 Å². The highest BCUT2D eigenvalue weighted by Gasteiger charge is 2.39. The van der Waals surface area contributed by atoms with E-state index < -0.39 is 15.9 Å². The Balaban J connectivity index is 1.21. The van der Waals surface area contributed by atoms with Crippen molar-refractivity contribution in [1.29, 1.82) is 0 Å². The van der Waals surface area contributed by atoms with E-state index in [9.17, 15) is 18.0 Å². The number of carbonyl (C=O) groups excluding carboxylic acids is 2. The molecule has 2 aromatic rings. The van der Waals surface area contributed by atoms with Gasteiger partial charge in [-0.05, 0) is 31.2 Å². The van der Waals surface area contributed by atoms with Crippen LogP contribution in [0.15, 0.2) is 47.4 Å². The number of anilines is 1. The van der Waals surface area contributed by atoms with Crippen molar-refractivity contribution in [2.75, 3.05) is 50.8 Å². The van der Waals surface area contributed by atoms with E-state index in [0.717, 1.165) is 17.7 Å². The average Bonchev–Trinajstić information content (AvgIpc) is 3.09. The number of hydrogen-bond acceptors (Lipinski definition) is 6. The summed E-state index contributed by atoms with van der Waals surface area (Å²) in [5.74, 6) is 0.390. The zero-order valence-corrected chi connectivity index (χ0v) is 20.5. The molecule has 1 atom stereocenters. The molecule has 5 rings (SSSR count). The Morgan fingerprint density at radius 3 is 2.34 bits per heavy atom. The SMILES string of the molecule is Cc1ccc(N2C[C@H](C(=O)N3CCN(S(=O)(=O)c4ccc5c(c4)OCCCO5)CC3)CC2=O)cc1. The molecule has 2 fully saturated rings. The first-order valence-corrected chi connectivity index (χ1v) is 13.3. The lowest BCUT2D eigenvalue weighted by Gasteiger charge is -2.35. The van der Waals surface area contributed by atoms with E-state index in [1.54, 1.807) is 15.9 Å². The van der Waals surface area contributed by atoms with Crippen molar-refractivity contribution in [2.24, 2.45) is 5.92 Å². The molecule has 186 valence electrons. The summed E-state index contributed by atoms with van der Waals surface area (Å²) in [7, 11) is -3.74. The number of amides is 2. The number of ether oxygens (including phenoxy) is 2. The third-order valence-electron chi connectivity index (χ3n) is 6.73. The summed E-state index contributed by atoms with van der Waals surface area (Å²) < 4.78 is 39.1. The lowest BCUT2D eigenvalue weighted by Crippen LogP contribution is -2.52. The van der Waals surface area contributed by atoms with Crippen LogP contribution in [0.2, 0.25) is 0 Å². The number of sulfonamides is 1. The maximum Gasteiger partial charge on any atom is 0.243 e. The predicted molar refractivity (Wildman–Crippen MR) is 129 cm³/mol. The summed E-state index contributed by atoms with van der Waals surface area (Å²) in [6, 6.07) is 12.3. The number of aryl methyl sites for hydroxylation is 1. The van der Waals surface area contributed by atoms with E-state index in [1.165, 1.54) is 16.4 Å². The van der Waals surface area contributed by atoms with E-state index in [2.05, 4.69) is 0 Å². The fourth-order valence-corrected chi connectivity index (χ4v) is 6.15. The Hall–Kier alpha value is -3.11. The molecule has 0 radical (unpaired) electrons. The minimum atomic E-state index is -3.74. The third-order valence-corrected chi connectivity index (χ3v) is 8.62. The number of piperazine rings is 1. The van der Waals surface area contributed by atoms with Gasteiger partial charge in [0.25, 0.3) is 0 Å². The second kappa shape index (κ2) is 9.50. The maximum absolute atomic E-state index is 13.2. The lowest BCUT2D eigenvalue weighted by atomic mass is 10.1. The Bertz CT molecular complexity index is 1220. The molecule has 2 aromatic carbocycles. The largest absolute Gasteiger partial charge is 0.490 e. The van der Waals surface area contributed by atoms with Crippen LogP contribution in [0.3, 0.4) is 0 Å².